The van der Waals surface area contributed by atoms with Crippen molar-refractivity contribution in [1.82, 2.24) is 4.98 Å². The van der Waals surface area contributed by atoms with Crippen LogP contribution in [0.3, 0.4) is 0 Å². The molecule has 0 aliphatic carbocycles. The van der Waals surface area contributed by atoms with E-state index in [1.54, 1.807) is 0 Å². The fraction of sp³-hybridized carbons (Fsp3) is 0.400. The van der Waals surface area contributed by atoms with E-state index in [0.29, 0.717) is 0 Å². The maximum absolute atomic E-state index is 12.7. The number of pyridine rings is 1. The van der Waals surface area contributed by atoms with Crippen LogP contribution in [0.5, 0.6) is 5.75 Å². The molecular weight excluding hydrogens is 295 g/mol. The highest BCUT2D eigenvalue weighted by Crippen LogP contribution is 2.35. The molecule has 0 spiro atoms. The predicted octanol–water partition coefficient (Wildman–Crippen LogP) is 3.72. The van der Waals surface area contributed by atoms with Gasteiger partial charge in [0.15, 0.2) is 0 Å². The molecule has 0 unspecified atom stereocenters. The van der Waals surface area contributed by atoms with Gasteiger partial charge in [-0.2, -0.15) is 5.26 Å². The molecule has 0 amide bonds. The highest BCUT2D eigenvalue weighted by atomic mass is 35.5. The third-order valence-electron chi connectivity index (χ3n) is 2.06. The maximum atomic E-state index is 12.7. The SMILES string of the molecule is N#CCc1c(C(F)F)ncc(CCl)c1OC(F)(F)F. The van der Waals surface area contributed by atoms with Crippen molar-refractivity contribution >= 4 is 11.6 Å². The number of alkyl halides is 6. The highest BCUT2D eigenvalue weighted by Gasteiger charge is 2.34. The third-order valence-corrected chi connectivity index (χ3v) is 2.35. The molecule has 0 bridgehead atoms. The number of halogens is 6. The van der Waals surface area contributed by atoms with Crippen LogP contribution in [0.2, 0.25) is 0 Å². The molecule has 0 N–H and O–H groups in total. The lowest BCUT2D eigenvalue weighted by molar-refractivity contribution is -0.275. The zero-order chi connectivity index (χ0) is 14.6. The van der Waals surface area contributed by atoms with Gasteiger partial charge in [0.05, 0.1) is 18.4 Å². The monoisotopic (exact) mass is 300 g/mol. The van der Waals surface area contributed by atoms with Gasteiger partial charge in [0, 0.05) is 17.3 Å². The largest absolute Gasteiger partial charge is 0.573 e. The third kappa shape index (κ3) is 3.92. The number of rotatable bonds is 4. The number of nitriles is 1. The number of ether oxygens (including phenoxy) is 1. The Bertz CT molecular complexity index is 498. The van der Waals surface area contributed by atoms with Gasteiger partial charge in [0.2, 0.25) is 0 Å². The second kappa shape index (κ2) is 6.02. The van der Waals surface area contributed by atoms with Crippen LogP contribution in [-0.4, -0.2) is 11.3 Å². The molecule has 0 radical (unpaired) electrons. The molecule has 0 fully saturated rings. The van der Waals surface area contributed by atoms with E-state index in [1.807, 2.05) is 0 Å². The van der Waals surface area contributed by atoms with E-state index in [9.17, 15) is 22.0 Å². The van der Waals surface area contributed by atoms with Crippen LogP contribution < -0.4 is 4.74 Å². The second-order valence-corrected chi connectivity index (χ2v) is 3.56. The van der Waals surface area contributed by atoms with Crippen molar-refractivity contribution in [2.24, 2.45) is 0 Å². The molecule has 0 aliphatic heterocycles. The summed E-state index contributed by atoms with van der Waals surface area (Å²) in [4.78, 5) is 3.33. The smallest absolute Gasteiger partial charge is 0.405 e. The average Bonchev–Trinajstić information content (AvgIpc) is 2.29. The van der Waals surface area contributed by atoms with Crippen molar-refractivity contribution in [2.75, 3.05) is 0 Å². The first-order chi connectivity index (χ1) is 8.80. The molecule has 0 aromatic carbocycles. The Kier molecular flexibility index (Phi) is 4.89. The summed E-state index contributed by atoms with van der Waals surface area (Å²) in [5.41, 5.74) is -1.74. The Morgan fingerprint density at radius 3 is 2.47 bits per heavy atom. The van der Waals surface area contributed by atoms with Crippen molar-refractivity contribution in [2.45, 2.75) is 25.1 Å². The number of nitrogens with zero attached hydrogens (tertiary/aromatic N) is 2. The number of hydrogen-bond acceptors (Lipinski definition) is 3. The lowest BCUT2D eigenvalue weighted by atomic mass is 10.1. The summed E-state index contributed by atoms with van der Waals surface area (Å²) in [6, 6.07) is 1.49. The minimum absolute atomic E-state index is 0.214. The first-order valence-electron chi connectivity index (χ1n) is 4.77. The summed E-state index contributed by atoms with van der Waals surface area (Å²) < 4.78 is 65.8. The fourth-order valence-corrected chi connectivity index (χ4v) is 1.56. The van der Waals surface area contributed by atoms with Crippen molar-refractivity contribution in [1.29, 1.82) is 5.26 Å². The summed E-state index contributed by atoms with van der Waals surface area (Å²) >= 11 is 5.41. The van der Waals surface area contributed by atoms with Crippen LogP contribution in [0.15, 0.2) is 6.20 Å². The highest BCUT2D eigenvalue weighted by molar-refractivity contribution is 6.17. The van der Waals surface area contributed by atoms with Gasteiger partial charge in [0.25, 0.3) is 6.43 Å². The van der Waals surface area contributed by atoms with Gasteiger partial charge in [-0.3, -0.25) is 4.98 Å². The minimum Gasteiger partial charge on any atom is -0.405 e. The molecule has 1 aromatic heterocycles. The lowest BCUT2D eigenvalue weighted by Gasteiger charge is -2.17. The quantitative estimate of drug-likeness (QED) is 0.629. The van der Waals surface area contributed by atoms with Gasteiger partial charge < -0.3 is 4.74 Å². The van der Waals surface area contributed by atoms with Crippen LogP contribution in [0.4, 0.5) is 22.0 Å². The van der Waals surface area contributed by atoms with Crippen LogP contribution in [0.1, 0.15) is 23.2 Å². The summed E-state index contributed by atoms with van der Waals surface area (Å²) in [6.07, 6.45) is -8.12. The summed E-state index contributed by atoms with van der Waals surface area (Å²) in [7, 11) is 0. The molecule has 104 valence electrons. The van der Waals surface area contributed by atoms with E-state index in [1.165, 1.54) is 6.07 Å². The molecule has 0 saturated carbocycles. The van der Waals surface area contributed by atoms with Gasteiger partial charge >= 0.3 is 6.36 Å². The maximum Gasteiger partial charge on any atom is 0.573 e. The first-order valence-corrected chi connectivity index (χ1v) is 5.31. The standard InChI is InChI=1S/C10H6ClF5N2O/c11-3-5-4-18-7(9(12)13)6(1-2-17)8(5)19-10(14,15)16/h4,9H,1,3H2. The molecule has 3 nitrogen and oxygen atoms in total. The molecule has 9 heteroatoms. The number of aromatic nitrogens is 1. The Labute approximate surface area is 109 Å². The molecular formula is C10H6ClF5N2O. The fourth-order valence-electron chi connectivity index (χ4n) is 1.37. The van der Waals surface area contributed by atoms with E-state index in [4.69, 9.17) is 16.9 Å². The Hall–Kier alpha value is -1.62. The summed E-state index contributed by atoms with van der Waals surface area (Å²) in [5, 5.41) is 8.52. The first kappa shape index (κ1) is 15.4. The zero-order valence-corrected chi connectivity index (χ0v) is 9.90. The molecule has 19 heavy (non-hydrogen) atoms. The van der Waals surface area contributed by atoms with Crippen LogP contribution in [0, 0.1) is 11.3 Å². The minimum atomic E-state index is -5.08. The van der Waals surface area contributed by atoms with Crippen LogP contribution in [-0.2, 0) is 12.3 Å². The van der Waals surface area contributed by atoms with Crippen molar-refractivity contribution in [3.8, 4) is 11.8 Å². The van der Waals surface area contributed by atoms with E-state index in [2.05, 4.69) is 9.72 Å². The van der Waals surface area contributed by atoms with Crippen molar-refractivity contribution < 1.29 is 26.7 Å². The normalized spacial score (nSPS) is 11.5. The Morgan fingerprint density at radius 2 is 2.05 bits per heavy atom. The summed E-state index contributed by atoms with van der Waals surface area (Å²) in [5.74, 6) is -1.30. The average molecular weight is 301 g/mol. The van der Waals surface area contributed by atoms with Gasteiger partial charge in [-0.05, 0) is 0 Å². The molecule has 0 aliphatic rings. The van der Waals surface area contributed by atoms with Crippen LogP contribution in [0.25, 0.3) is 0 Å². The van der Waals surface area contributed by atoms with Gasteiger partial charge in [0.1, 0.15) is 11.4 Å². The van der Waals surface area contributed by atoms with E-state index in [0.717, 1.165) is 6.20 Å². The van der Waals surface area contributed by atoms with Crippen LogP contribution >= 0.6 is 11.6 Å². The van der Waals surface area contributed by atoms with Crippen molar-refractivity contribution in [3.05, 3.63) is 23.0 Å². The lowest BCUT2D eigenvalue weighted by Crippen LogP contribution is -2.20. The molecule has 1 heterocycles. The molecule has 1 rings (SSSR count). The van der Waals surface area contributed by atoms with Gasteiger partial charge in [-0.15, -0.1) is 24.8 Å². The molecule has 0 atom stereocenters. The zero-order valence-electron chi connectivity index (χ0n) is 9.14. The van der Waals surface area contributed by atoms with Gasteiger partial charge in [-0.1, -0.05) is 0 Å². The second-order valence-electron chi connectivity index (χ2n) is 3.29. The van der Waals surface area contributed by atoms with E-state index < -0.39 is 42.1 Å². The molecule has 0 saturated heterocycles. The Balaban J connectivity index is 3.44. The van der Waals surface area contributed by atoms with E-state index in [-0.39, 0.29) is 5.56 Å². The topological polar surface area (TPSA) is 45.9 Å². The molecule has 1 aromatic rings. The number of hydrogen-bond donors (Lipinski definition) is 0. The summed E-state index contributed by atoms with van der Waals surface area (Å²) in [6.45, 7) is 0. The predicted molar refractivity (Wildman–Crippen MR) is 54.8 cm³/mol. The Morgan fingerprint density at radius 1 is 1.42 bits per heavy atom. The van der Waals surface area contributed by atoms with Gasteiger partial charge in [-0.25, -0.2) is 8.78 Å². The van der Waals surface area contributed by atoms with Crippen molar-refractivity contribution in [3.63, 3.8) is 0 Å². The van der Waals surface area contributed by atoms with E-state index >= 15 is 0 Å².